The summed E-state index contributed by atoms with van der Waals surface area (Å²) in [7, 11) is 4.70. The van der Waals surface area contributed by atoms with E-state index in [0.717, 1.165) is 11.3 Å². The molecule has 1 aliphatic rings. The molecule has 0 radical (unpaired) electrons. The van der Waals surface area contributed by atoms with E-state index >= 15 is 0 Å². The van der Waals surface area contributed by atoms with Crippen molar-refractivity contribution in [1.82, 2.24) is 5.32 Å². The van der Waals surface area contributed by atoms with Crippen LogP contribution in [0.15, 0.2) is 42.5 Å². The molecule has 0 aromatic heterocycles. The van der Waals surface area contributed by atoms with Crippen LogP contribution in [0.3, 0.4) is 0 Å². The molecule has 0 spiro atoms. The molecule has 0 unspecified atom stereocenters. The summed E-state index contributed by atoms with van der Waals surface area (Å²) < 4.78 is 15.7. The highest BCUT2D eigenvalue weighted by Crippen LogP contribution is 2.28. The number of nitrogens with zero attached hydrogens (tertiary/aromatic N) is 1. The number of nitrogens with one attached hydrogen (secondary N) is 1. The van der Waals surface area contributed by atoms with E-state index in [1.807, 2.05) is 30.3 Å². The van der Waals surface area contributed by atoms with Gasteiger partial charge in [0.15, 0.2) is 11.5 Å². The normalized spacial score (nSPS) is 16.0. The Labute approximate surface area is 164 Å². The summed E-state index contributed by atoms with van der Waals surface area (Å²) in [5.41, 5.74) is 1.57. The molecule has 3 rings (SSSR count). The van der Waals surface area contributed by atoms with Gasteiger partial charge in [-0.2, -0.15) is 0 Å². The quantitative estimate of drug-likeness (QED) is 0.792. The zero-order valence-corrected chi connectivity index (χ0v) is 16.2. The van der Waals surface area contributed by atoms with Crippen LogP contribution in [0.4, 0.5) is 5.69 Å². The van der Waals surface area contributed by atoms with Gasteiger partial charge in [-0.05, 0) is 29.8 Å². The third-order valence-electron chi connectivity index (χ3n) is 4.67. The summed E-state index contributed by atoms with van der Waals surface area (Å²) >= 11 is 0. The zero-order valence-electron chi connectivity index (χ0n) is 16.2. The van der Waals surface area contributed by atoms with Crippen LogP contribution in [-0.4, -0.2) is 45.7 Å². The Balaban J connectivity index is 1.61. The molecule has 1 saturated heterocycles. The number of carbonyl (C=O) groups is 2. The first-order chi connectivity index (χ1) is 13.5. The number of rotatable bonds is 7. The van der Waals surface area contributed by atoms with Gasteiger partial charge in [0.05, 0.1) is 33.8 Å². The summed E-state index contributed by atoms with van der Waals surface area (Å²) in [6.07, 6.45) is 0.471. The molecule has 148 valence electrons. The molecule has 0 bridgehead atoms. The largest absolute Gasteiger partial charge is 0.497 e. The van der Waals surface area contributed by atoms with Gasteiger partial charge in [-0.1, -0.05) is 12.1 Å². The number of hydrogen-bond acceptors (Lipinski definition) is 5. The molecule has 7 nitrogen and oxygen atoms in total. The van der Waals surface area contributed by atoms with Gasteiger partial charge in [0.25, 0.3) is 0 Å². The Morgan fingerprint density at radius 3 is 2.57 bits per heavy atom. The molecule has 7 heteroatoms. The summed E-state index contributed by atoms with van der Waals surface area (Å²) in [6.45, 7) is 0.434. The first kappa shape index (κ1) is 19.5. The van der Waals surface area contributed by atoms with Crippen molar-refractivity contribution in [3.63, 3.8) is 0 Å². The Kier molecular flexibility index (Phi) is 6.03. The Morgan fingerprint density at radius 1 is 1.07 bits per heavy atom. The zero-order chi connectivity index (χ0) is 20.1. The van der Waals surface area contributed by atoms with E-state index < -0.39 is 0 Å². The monoisotopic (exact) mass is 384 g/mol. The Bertz CT molecular complexity index is 868. The minimum Gasteiger partial charge on any atom is -0.497 e. The molecular weight excluding hydrogens is 360 g/mol. The number of amides is 2. The van der Waals surface area contributed by atoms with Crippen LogP contribution >= 0.6 is 0 Å². The van der Waals surface area contributed by atoms with Crippen LogP contribution in [0.2, 0.25) is 0 Å². The molecule has 2 aromatic rings. The van der Waals surface area contributed by atoms with Crippen molar-refractivity contribution < 1.29 is 23.8 Å². The molecule has 2 amide bonds. The highest BCUT2D eigenvalue weighted by molar-refractivity contribution is 5.97. The van der Waals surface area contributed by atoms with E-state index in [9.17, 15) is 9.59 Å². The number of hydrogen-bond donors (Lipinski definition) is 1. The van der Waals surface area contributed by atoms with Crippen molar-refractivity contribution in [3.8, 4) is 17.2 Å². The van der Waals surface area contributed by atoms with Gasteiger partial charge >= 0.3 is 0 Å². The molecule has 0 aliphatic carbocycles. The minimum absolute atomic E-state index is 0.0235. The van der Waals surface area contributed by atoms with Gasteiger partial charge in [0.1, 0.15) is 5.75 Å². The molecule has 2 aromatic carbocycles. The number of ether oxygens (including phenoxy) is 3. The van der Waals surface area contributed by atoms with Crippen LogP contribution in [0.1, 0.15) is 12.0 Å². The van der Waals surface area contributed by atoms with Crippen molar-refractivity contribution in [1.29, 1.82) is 0 Å². The minimum atomic E-state index is -0.230. The number of anilines is 1. The van der Waals surface area contributed by atoms with Crippen LogP contribution in [0.5, 0.6) is 17.2 Å². The molecule has 0 saturated carbocycles. The molecule has 1 fully saturated rings. The summed E-state index contributed by atoms with van der Waals surface area (Å²) in [5.74, 6) is 1.71. The molecule has 1 N–H and O–H groups in total. The lowest BCUT2D eigenvalue weighted by Crippen LogP contribution is -2.38. The summed E-state index contributed by atoms with van der Waals surface area (Å²) in [4.78, 5) is 26.5. The van der Waals surface area contributed by atoms with E-state index in [1.165, 1.54) is 0 Å². The first-order valence-corrected chi connectivity index (χ1v) is 8.98. The fourth-order valence-corrected chi connectivity index (χ4v) is 3.29. The average molecular weight is 384 g/mol. The van der Waals surface area contributed by atoms with Gasteiger partial charge < -0.3 is 24.4 Å². The van der Waals surface area contributed by atoms with Crippen molar-refractivity contribution in [2.24, 2.45) is 0 Å². The topological polar surface area (TPSA) is 77.1 Å². The molecule has 1 aliphatic heterocycles. The Hall–Kier alpha value is -3.22. The molecular formula is C21H24N2O5. The second kappa shape index (κ2) is 8.65. The van der Waals surface area contributed by atoms with Gasteiger partial charge in [-0.25, -0.2) is 0 Å². The van der Waals surface area contributed by atoms with Crippen molar-refractivity contribution in [3.05, 3.63) is 48.0 Å². The lowest BCUT2D eigenvalue weighted by molar-refractivity contribution is -0.121. The number of carbonyl (C=O) groups excluding carboxylic acids is 2. The third-order valence-corrected chi connectivity index (χ3v) is 4.67. The maximum atomic E-state index is 12.4. The third kappa shape index (κ3) is 4.36. The smallest absolute Gasteiger partial charge is 0.229 e. The maximum Gasteiger partial charge on any atom is 0.229 e. The van der Waals surface area contributed by atoms with E-state index in [2.05, 4.69) is 5.32 Å². The van der Waals surface area contributed by atoms with Gasteiger partial charge in [0, 0.05) is 24.7 Å². The summed E-state index contributed by atoms with van der Waals surface area (Å²) in [6, 6.07) is 12.5. The average Bonchev–Trinajstić information content (AvgIpc) is 3.07. The number of benzene rings is 2. The highest BCUT2D eigenvalue weighted by atomic mass is 16.5. The van der Waals surface area contributed by atoms with Crippen LogP contribution in [0.25, 0.3) is 0 Å². The first-order valence-electron chi connectivity index (χ1n) is 8.98. The highest BCUT2D eigenvalue weighted by Gasteiger charge is 2.31. The van der Waals surface area contributed by atoms with Gasteiger partial charge in [-0.15, -0.1) is 0 Å². The van der Waals surface area contributed by atoms with Crippen molar-refractivity contribution in [2.45, 2.75) is 18.9 Å². The number of methoxy groups -OCH3 is 3. The fraction of sp³-hybridized carbons (Fsp3) is 0.333. The van der Waals surface area contributed by atoms with E-state index in [1.54, 1.807) is 38.4 Å². The Morgan fingerprint density at radius 2 is 1.86 bits per heavy atom. The van der Waals surface area contributed by atoms with Crippen molar-refractivity contribution >= 4 is 17.5 Å². The van der Waals surface area contributed by atoms with Gasteiger partial charge in [0.2, 0.25) is 11.8 Å². The second-order valence-electron chi connectivity index (χ2n) is 6.54. The maximum absolute atomic E-state index is 12.4. The second-order valence-corrected chi connectivity index (χ2v) is 6.54. The predicted molar refractivity (Wildman–Crippen MR) is 105 cm³/mol. The lowest BCUT2D eigenvalue weighted by atomic mass is 10.1. The fourth-order valence-electron chi connectivity index (χ4n) is 3.29. The SMILES string of the molecule is COc1cccc(N2C[C@H](NC(=O)Cc3ccc(OC)c(OC)c3)CC2=O)c1. The predicted octanol–water partition coefficient (Wildman–Crippen LogP) is 2.18. The van der Waals surface area contributed by atoms with E-state index in [4.69, 9.17) is 14.2 Å². The molecule has 1 atom stereocenters. The molecule has 28 heavy (non-hydrogen) atoms. The van der Waals surface area contributed by atoms with Gasteiger partial charge in [-0.3, -0.25) is 9.59 Å². The van der Waals surface area contributed by atoms with E-state index in [0.29, 0.717) is 23.8 Å². The van der Waals surface area contributed by atoms with Crippen LogP contribution < -0.4 is 24.4 Å². The standard InChI is InChI=1S/C21H24N2O5/c1-26-17-6-4-5-16(12-17)23-13-15(11-21(23)25)22-20(24)10-14-7-8-18(27-2)19(9-14)28-3/h4-9,12,15H,10-11,13H2,1-3H3,(H,22,24)/t15-/m1/s1. The van der Waals surface area contributed by atoms with Crippen molar-refractivity contribution in [2.75, 3.05) is 32.8 Å². The van der Waals surface area contributed by atoms with Crippen LogP contribution in [-0.2, 0) is 16.0 Å². The lowest BCUT2D eigenvalue weighted by Gasteiger charge is -2.18. The van der Waals surface area contributed by atoms with Crippen LogP contribution in [0, 0.1) is 0 Å². The summed E-state index contributed by atoms with van der Waals surface area (Å²) in [5, 5.41) is 2.95. The molecule has 1 heterocycles. The van der Waals surface area contributed by atoms with E-state index in [-0.39, 0.29) is 30.7 Å².